The molecule has 1 aliphatic rings. The third kappa shape index (κ3) is 9.64. The first-order chi connectivity index (χ1) is 14.3. The molecule has 0 aromatic heterocycles. The Labute approximate surface area is 203 Å². The third-order valence-corrected chi connectivity index (χ3v) is 5.47. The van der Waals surface area contributed by atoms with Crippen LogP contribution in [0.3, 0.4) is 0 Å². The van der Waals surface area contributed by atoms with Crippen LogP contribution in [-0.2, 0) is 9.47 Å². The van der Waals surface area contributed by atoms with Gasteiger partial charge in [0.2, 0.25) is 0 Å². The lowest BCUT2D eigenvalue weighted by molar-refractivity contribution is 0.0342. The molecule has 2 aromatic rings. The van der Waals surface area contributed by atoms with Crippen molar-refractivity contribution in [3.63, 3.8) is 0 Å². The van der Waals surface area contributed by atoms with E-state index in [0.717, 1.165) is 55.4 Å². The fourth-order valence-electron chi connectivity index (χ4n) is 3.55. The number of hydrogen-bond acceptors (Lipinski definition) is 5. The molecule has 174 valence electrons. The van der Waals surface area contributed by atoms with Crippen LogP contribution >= 0.6 is 36.4 Å². The number of piperazine rings is 1. The van der Waals surface area contributed by atoms with Crippen molar-refractivity contribution in [2.75, 3.05) is 65.7 Å². The number of ether oxygens (including phenoxy) is 2. The van der Waals surface area contributed by atoms with Gasteiger partial charge in [-0.15, -0.1) is 24.8 Å². The van der Waals surface area contributed by atoms with Crippen molar-refractivity contribution in [3.8, 4) is 0 Å². The molecule has 31 heavy (non-hydrogen) atoms. The summed E-state index contributed by atoms with van der Waals surface area (Å²) in [5, 5.41) is 9.49. The SMILES string of the molecule is Cl.Cl.OCCOCCN1CCN(CCOC(c2ccccc2)c2ccc(Cl)cc2)CC1. The van der Waals surface area contributed by atoms with Crippen LogP contribution < -0.4 is 0 Å². The lowest BCUT2D eigenvalue weighted by Crippen LogP contribution is -2.48. The zero-order valence-corrected chi connectivity index (χ0v) is 20.1. The second-order valence-electron chi connectivity index (χ2n) is 7.23. The van der Waals surface area contributed by atoms with E-state index in [0.29, 0.717) is 19.8 Å². The van der Waals surface area contributed by atoms with Crippen LogP contribution in [0, 0.1) is 0 Å². The molecule has 0 amide bonds. The topological polar surface area (TPSA) is 45.2 Å². The molecule has 1 atom stereocenters. The summed E-state index contributed by atoms with van der Waals surface area (Å²) in [7, 11) is 0. The molecule has 1 fully saturated rings. The number of aliphatic hydroxyl groups excluding tert-OH is 1. The van der Waals surface area contributed by atoms with Crippen LogP contribution in [0.25, 0.3) is 0 Å². The summed E-state index contributed by atoms with van der Waals surface area (Å²) in [6.45, 7) is 7.90. The molecule has 1 unspecified atom stereocenters. The van der Waals surface area contributed by atoms with Crippen molar-refractivity contribution in [2.45, 2.75) is 6.10 Å². The van der Waals surface area contributed by atoms with Crippen molar-refractivity contribution >= 4 is 36.4 Å². The van der Waals surface area contributed by atoms with E-state index >= 15 is 0 Å². The number of halogens is 3. The van der Waals surface area contributed by atoms with Gasteiger partial charge in [0, 0.05) is 44.3 Å². The van der Waals surface area contributed by atoms with Crippen LogP contribution in [0.2, 0.25) is 5.02 Å². The minimum atomic E-state index is -0.0848. The summed E-state index contributed by atoms with van der Waals surface area (Å²) in [5.41, 5.74) is 2.27. The quantitative estimate of drug-likeness (QED) is 0.483. The maximum atomic E-state index is 8.75. The molecular weight excluding hydrogens is 459 g/mol. The van der Waals surface area contributed by atoms with Crippen LogP contribution in [0.4, 0.5) is 0 Å². The van der Waals surface area contributed by atoms with Gasteiger partial charge in [-0.25, -0.2) is 0 Å². The summed E-state index contributed by atoms with van der Waals surface area (Å²) < 4.78 is 11.7. The summed E-state index contributed by atoms with van der Waals surface area (Å²) in [6, 6.07) is 18.2. The number of aliphatic hydroxyl groups is 1. The average Bonchev–Trinajstić information content (AvgIpc) is 2.77. The second kappa shape index (κ2) is 15.8. The predicted molar refractivity (Wildman–Crippen MR) is 131 cm³/mol. The molecule has 1 N–H and O–H groups in total. The molecule has 1 aliphatic heterocycles. The Kier molecular flexibility index (Phi) is 14.4. The molecule has 0 saturated carbocycles. The van der Waals surface area contributed by atoms with Crippen LogP contribution in [0.5, 0.6) is 0 Å². The van der Waals surface area contributed by atoms with Crippen molar-refractivity contribution in [2.24, 2.45) is 0 Å². The molecule has 1 heterocycles. The first kappa shape index (κ1) is 28.1. The average molecular weight is 492 g/mol. The maximum Gasteiger partial charge on any atom is 0.108 e. The van der Waals surface area contributed by atoms with Gasteiger partial charge >= 0.3 is 0 Å². The van der Waals surface area contributed by atoms with Gasteiger partial charge < -0.3 is 14.6 Å². The van der Waals surface area contributed by atoms with Crippen molar-refractivity contribution < 1.29 is 14.6 Å². The van der Waals surface area contributed by atoms with Crippen LogP contribution in [0.1, 0.15) is 17.2 Å². The molecule has 0 radical (unpaired) electrons. The highest BCUT2D eigenvalue weighted by molar-refractivity contribution is 6.30. The Morgan fingerprint density at radius 2 is 1.32 bits per heavy atom. The van der Waals surface area contributed by atoms with E-state index in [1.54, 1.807) is 0 Å². The second-order valence-corrected chi connectivity index (χ2v) is 7.67. The Morgan fingerprint density at radius 1 is 0.774 bits per heavy atom. The smallest absolute Gasteiger partial charge is 0.108 e. The maximum absolute atomic E-state index is 8.75. The van der Waals surface area contributed by atoms with Gasteiger partial charge in [-0.1, -0.05) is 54.1 Å². The predicted octanol–water partition coefficient (Wildman–Crippen LogP) is 3.92. The first-order valence-electron chi connectivity index (χ1n) is 10.3. The van der Waals surface area contributed by atoms with Crippen molar-refractivity contribution in [1.82, 2.24) is 9.80 Å². The number of nitrogens with zero attached hydrogens (tertiary/aromatic N) is 2. The Bertz CT molecular complexity index is 699. The lowest BCUT2D eigenvalue weighted by atomic mass is 10.0. The summed E-state index contributed by atoms with van der Waals surface area (Å²) in [4.78, 5) is 4.87. The summed E-state index contributed by atoms with van der Waals surface area (Å²) in [6.07, 6.45) is -0.0848. The normalized spacial score (nSPS) is 15.7. The van der Waals surface area contributed by atoms with E-state index < -0.39 is 0 Å². The van der Waals surface area contributed by atoms with E-state index in [1.165, 1.54) is 0 Å². The minimum Gasteiger partial charge on any atom is -0.394 e. The number of hydrogen-bond donors (Lipinski definition) is 1. The molecule has 5 nitrogen and oxygen atoms in total. The standard InChI is InChI=1S/C23H31ClN2O3.2ClH/c24-22-8-6-21(7-9-22)23(20-4-2-1-3-5-20)29-18-15-26-12-10-25(11-13-26)14-17-28-19-16-27;;/h1-9,23,27H,10-19H2;2*1H. The van der Waals surface area contributed by atoms with Gasteiger partial charge in [-0.3, -0.25) is 9.80 Å². The number of benzene rings is 2. The van der Waals surface area contributed by atoms with Gasteiger partial charge in [-0.05, 0) is 23.3 Å². The van der Waals surface area contributed by atoms with Gasteiger partial charge in [0.25, 0.3) is 0 Å². The molecular formula is C23H33Cl3N2O3. The van der Waals surface area contributed by atoms with E-state index in [2.05, 4.69) is 21.9 Å². The molecule has 0 spiro atoms. The Balaban J connectivity index is 0.00000240. The van der Waals surface area contributed by atoms with Gasteiger partial charge in [-0.2, -0.15) is 0 Å². The van der Waals surface area contributed by atoms with E-state index in [1.807, 2.05) is 42.5 Å². The fraction of sp³-hybridized carbons (Fsp3) is 0.478. The molecule has 3 rings (SSSR count). The Hall–Kier alpha value is -0.890. The molecule has 0 bridgehead atoms. The van der Waals surface area contributed by atoms with Crippen LogP contribution in [-0.4, -0.2) is 80.6 Å². The summed E-state index contributed by atoms with van der Waals surface area (Å²) in [5.74, 6) is 0. The van der Waals surface area contributed by atoms with E-state index in [9.17, 15) is 0 Å². The first-order valence-corrected chi connectivity index (χ1v) is 10.7. The van der Waals surface area contributed by atoms with E-state index in [-0.39, 0.29) is 37.5 Å². The third-order valence-electron chi connectivity index (χ3n) is 5.22. The summed E-state index contributed by atoms with van der Waals surface area (Å²) >= 11 is 6.06. The van der Waals surface area contributed by atoms with Crippen molar-refractivity contribution in [3.05, 3.63) is 70.7 Å². The largest absolute Gasteiger partial charge is 0.394 e. The van der Waals surface area contributed by atoms with Gasteiger partial charge in [0.15, 0.2) is 0 Å². The molecule has 8 heteroatoms. The van der Waals surface area contributed by atoms with Crippen molar-refractivity contribution in [1.29, 1.82) is 0 Å². The van der Waals surface area contributed by atoms with Crippen LogP contribution in [0.15, 0.2) is 54.6 Å². The zero-order valence-electron chi connectivity index (χ0n) is 17.7. The highest BCUT2D eigenvalue weighted by Gasteiger charge is 2.18. The monoisotopic (exact) mass is 490 g/mol. The lowest BCUT2D eigenvalue weighted by Gasteiger charge is -2.34. The Morgan fingerprint density at radius 3 is 1.90 bits per heavy atom. The fourth-order valence-corrected chi connectivity index (χ4v) is 3.67. The zero-order chi connectivity index (χ0) is 20.3. The van der Waals surface area contributed by atoms with E-state index in [4.69, 9.17) is 26.2 Å². The molecule has 1 saturated heterocycles. The van der Waals surface area contributed by atoms with Gasteiger partial charge in [0.05, 0.1) is 26.4 Å². The highest BCUT2D eigenvalue weighted by Crippen LogP contribution is 2.27. The van der Waals surface area contributed by atoms with Gasteiger partial charge in [0.1, 0.15) is 6.10 Å². The highest BCUT2D eigenvalue weighted by atomic mass is 35.5. The minimum absolute atomic E-state index is 0. The number of rotatable bonds is 11. The molecule has 2 aromatic carbocycles. The molecule has 0 aliphatic carbocycles.